The van der Waals surface area contributed by atoms with Gasteiger partial charge in [0.25, 0.3) is 0 Å². The Labute approximate surface area is 202 Å². The monoisotopic (exact) mass is 492 g/mol. The SMILES string of the molecule is Cc1ncc(CO)c2cc(-c3nnc(Nc4ccc(Oc5ccc(Cl)cc5)cc4)s3)c(=O)oc12. The number of aromatic nitrogens is 3. The molecule has 0 amide bonds. The third kappa shape index (κ3) is 4.49. The van der Waals surface area contributed by atoms with Crippen molar-refractivity contribution >= 4 is 44.7 Å². The zero-order chi connectivity index (χ0) is 23.7. The first-order valence-electron chi connectivity index (χ1n) is 10.2. The Morgan fingerprint density at radius 2 is 1.79 bits per heavy atom. The minimum Gasteiger partial charge on any atom is -0.457 e. The molecule has 8 nitrogen and oxygen atoms in total. The van der Waals surface area contributed by atoms with Crippen molar-refractivity contribution in [1.82, 2.24) is 15.2 Å². The van der Waals surface area contributed by atoms with E-state index in [1.807, 2.05) is 24.3 Å². The van der Waals surface area contributed by atoms with E-state index in [1.165, 1.54) is 11.3 Å². The van der Waals surface area contributed by atoms with Gasteiger partial charge in [0, 0.05) is 27.9 Å². The zero-order valence-electron chi connectivity index (χ0n) is 17.8. The second-order valence-corrected chi connectivity index (χ2v) is 8.75. The Morgan fingerprint density at radius 1 is 1.09 bits per heavy atom. The number of fused-ring (bicyclic) bond motifs is 1. The number of anilines is 2. The minimum absolute atomic E-state index is 0.225. The molecule has 0 unspecified atom stereocenters. The van der Waals surface area contributed by atoms with Crippen LogP contribution in [0.15, 0.2) is 70.0 Å². The number of hydrogen-bond donors (Lipinski definition) is 2. The molecule has 34 heavy (non-hydrogen) atoms. The highest BCUT2D eigenvalue weighted by Crippen LogP contribution is 2.31. The number of nitrogens with one attached hydrogen (secondary N) is 1. The summed E-state index contributed by atoms with van der Waals surface area (Å²) in [6.07, 6.45) is 1.56. The number of benzene rings is 2. The Hall–Kier alpha value is -3.79. The van der Waals surface area contributed by atoms with Gasteiger partial charge < -0.3 is 19.6 Å². The minimum atomic E-state index is -0.543. The van der Waals surface area contributed by atoms with Crippen LogP contribution in [0.25, 0.3) is 21.5 Å². The fraction of sp³-hybridized carbons (Fsp3) is 0.0833. The van der Waals surface area contributed by atoms with Crippen LogP contribution in [-0.4, -0.2) is 20.3 Å². The summed E-state index contributed by atoms with van der Waals surface area (Å²) in [5.41, 5.74) is 1.99. The summed E-state index contributed by atoms with van der Waals surface area (Å²) < 4.78 is 11.3. The lowest BCUT2D eigenvalue weighted by Crippen LogP contribution is -2.05. The molecule has 10 heteroatoms. The number of hydrogen-bond acceptors (Lipinski definition) is 9. The van der Waals surface area contributed by atoms with Gasteiger partial charge in [0.15, 0.2) is 10.6 Å². The Balaban J connectivity index is 1.36. The van der Waals surface area contributed by atoms with Crippen LogP contribution < -0.4 is 15.7 Å². The van der Waals surface area contributed by atoms with Gasteiger partial charge in [0.2, 0.25) is 5.13 Å². The van der Waals surface area contributed by atoms with E-state index in [2.05, 4.69) is 20.5 Å². The summed E-state index contributed by atoms with van der Waals surface area (Å²) in [7, 11) is 0. The number of halogens is 1. The first-order chi connectivity index (χ1) is 16.5. The standard InChI is InChI=1S/C24H17ClN4O4S/c1-13-21-19(14(12-30)11-26-13)10-20(23(31)33-21)22-28-29-24(34-22)27-16-4-8-18(9-5-16)32-17-6-2-15(25)3-7-17/h2-11,30H,12H2,1H3,(H,27,29). The van der Waals surface area contributed by atoms with Crippen molar-refractivity contribution in [3.63, 3.8) is 0 Å². The molecule has 0 aliphatic heterocycles. The van der Waals surface area contributed by atoms with Crippen LogP contribution in [0.1, 0.15) is 11.3 Å². The molecule has 0 aliphatic rings. The number of aliphatic hydroxyl groups excluding tert-OH is 1. The molecule has 2 aromatic carbocycles. The van der Waals surface area contributed by atoms with E-state index >= 15 is 0 Å². The normalized spacial score (nSPS) is 11.0. The molecule has 3 heterocycles. The van der Waals surface area contributed by atoms with Crippen molar-refractivity contribution in [3.8, 4) is 22.1 Å². The van der Waals surface area contributed by atoms with Gasteiger partial charge in [-0.2, -0.15) is 0 Å². The highest BCUT2D eigenvalue weighted by Gasteiger charge is 2.16. The molecular formula is C24H17ClN4O4S. The summed E-state index contributed by atoms with van der Waals surface area (Å²) >= 11 is 7.11. The molecule has 0 saturated carbocycles. The van der Waals surface area contributed by atoms with E-state index in [0.717, 1.165) is 5.69 Å². The topological polar surface area (TPSA) is 110 Å². The average molecular weight is 493 g/mol. The number of pyridine rings is 1. The van der Waals surface area contributed by atoms with Crippen LogP contribution in [0.4, 0.5) is 10.8 Å². The molecule has 2 N–H and O–H groups in total. The third-order valence-electron chi connectivity index (χ3n) is 5.02. The van der Waals surface area contributed by atoms with Crippen LogP contribution in [-0.2, 0) is 6.61 Å². The number of rotatable bonds is 6. The lowest BCUT2D eigenvalue weighted by molar-refractivity contribution is 0.282. The second kappa shape index (κ2) is 9.22. The van der Waals surface area contributed by atoms with E-state index in [4.69, 9.17) is 20.8 Å². The average Bonchev–Trinajstić information content (AvgIpc) is 3.30. The van der Waals surface area contributed by atoms with Crippen molar-refractivity contribution in [3.05, 3.63) is 87.5 Å². The lowest BCUT2D eigenvalue weighted by Gasteiger charge is -2.07. The fourth-order valence-corrected chi connectivity index (χ4v) is 4.20. The Kier molecular flexibility index (Phi) is 5.97. The van der Waals surface area contributed by atoms with Gasteiger partial charge in [-0.15, -0.1) is 10.2 Å². The summed E-state index contributed by atoms with van der Waals surface area (Å²) in [6.45, 7) is 1.52. The van der Waals surface area contributed by atoms with E-state index in [-0.39, 0.29) is 12.2 Å². The molecule has 0 saturated heterocycles. The van der Waals surface area contributed by atoms with Crippen molar-refractivity contribution < 1.29 is 14.3 Å². The molecule has 3 aromatic heterocycles. The number of aliphatic hydroxyl groups is 1. The van der Waals surface area contributed by atoms with Crippen molar-refractivity contribution in [2.45, 2.75) is 13.5 Å². The van der Waals surface area contributed by atoms with E-state index in [9.17, 15) is 9.90 Å². The van der Waals surface area contributed by atoms with Crippen LogP contribution in [0.2, 0.25) is 5.02 Å². The maximum atomic E-state index is 12.6. The largest absolute Gasteiger partial charge is 0.457 e. The number of aryl methyl sites for hydroxylation is 1. The van der Waals surface area contributed by atoms with Crippen molar-refractivity contribution in [2.75, 3.05) is 5.32 Å². The van der Waals surface area contributed by atoms with Gasteiger partial charge in [0.05, 0.1) is 17.9 Å². The maximum absolute atomic E-state index is 12.6. The summed E-state index contributed by atoms with van der Waals surface area (Å²) in [5, 5.41) is 23.3. The molecule has 0 fully saturated rings. The molecule has 0 bridgehead atoms. The number of nitrogens with zero attached hydrogens (tertiary/aromatic N) is 3. The predicted octanol–water partition coefficient (Wildman–Crippen LogP) is 5.70. The molecular weight excluding hydrogens is 476 g/mol. The quantitative estimate of drug-likeness (QED) is 0.310. The van der Waals surface area contributed by atoms with Gasteiger partial charge >= 0.3 is 5.63 Å². The molecule has 170 valence electrons. The van der Waals surface area contributed by atoms with Crippen molar-refractivity contribution in [2.24, 2.45) is 0 Å². The van der Waals surface area contributed by atoms with Gasteiger partial charge in [-0.05, 0) is 61.5 Å². The molecule has 0 spiro atoms. The summed E-state index contributed by atoms with van der Waals surface area (Å²) in [4.78, 5) is 16.8. The van der Waals surface area contributed by atoms with Gasteiger partial charge in [-0.25, -0.2) is 4.79 Å². The van der Waals surface area contributed by atoms with Crippen LogP contribution >= 0.6 is 22.9 Å². The maximum Gasteiger partial charge on any atom is 0.346 e. The smallest absolute Gasteiger partial charge is 0.346 e. The van der Waals surface area contributed by atoms with Crippen LogP contribution in [0.5, 0.6) is 11.5 Å². The van der Waals surface area contributed by atoms with E-state index in [0.29, 0.717) is 48.9 Å². The van der Waals surface area contributed by atoms with Gasteiger partial charge in [-0.3, -0.25) is 4.98 Å². The first kappa shape index (κ1) is 22.0. The summed E-state index contributed by atoms with van der Waals surface area (Å²) in [6, 6.07) is 16.1. The third-order valence-corrected chi connectivity index (χ3v) is 6.14. The molecule has 5 rings (SSSR count). The zero-order valence-corrected chi connectivity index (χ0v) is 19.4. The van der Waals surface area contributed by atoms with E-state index in [1.54, 1.807) is 43.5 Å². The fourth-order valence-electron chi connectivity index (χ4n) is 3.31. The molecule has 0 aliphatic carbocycles. The predicted molar refractivity (Wildman–Crippen MR) is 131 cm³/mol. The van der Waals surface area contributed by atoms with Gasteiger partial charge in [0.1, 0.15) is 11.5 Å². The molecule has 0 radical (unpaired) electrons. The summed E-state index contributed by atoms with van der Waals surface area (Å²) in [5.74, 6) is 1.35. The van der Waals surface area contributed by atoms with Crippen LogP contribution in [0, 0.1) is 6.92 Å². The highest BCUT2D eigenvalue weighted by molar-refractivity contribution is 7.18. The molecule has 5 aromatic rings. The van der Waals surface area contributed by atoms with Gasteiger partial charge in [-0.1, -0.05) is 22.9 Å². The Bertz CT molecular complexity index is 1530. The first-order valence-corrected chi connectivity index (χ1v) is 11.4. The van der Waals surface area contributed by atoms with Crippen LogP contribution in [0.3, 0.4) is 0 Å². The number of ether oxygens (including phenoxy) is 1. The Morgan fingerprint density at radius 3 is 2.50 bits per heavy atom. The lowest BCUT2D eigenvalue weighted by atomic mass is 10.1. The van der Waals surface area contributed by atoms with E-state index < -0.39 is 5.63 Å². The molecule has 0 atom stereocenters. The highest BCUT2D eigenvalue weighted by atomic mass is 35.5. The second-order valence-electron chi connectivity index (χ2n) is 7.34. The van der Waals surface area contributed by atoms with Crippen molar-refractivity contribution in [1.29, 1.82) is 0 Å².